The summed E-state index contributed by atoms with van der Waals surface area (Å²) in [6, 6.07) is 13.8. The normalized spacial score (nSPS) is 22.0. The third-order valence-corrected chi connectivity index (χ3v) is 8.97. The van der Waals surface area contributed by atoms with Crippen molar-refractivity contribution < 1.29 is 17.9 Å². The Morgan fingerprint density at radius 1 is 1.12 bits per heavy atom. The highest BCUT2D eigenvalue weighted by Crippen LogP contribution is 2.44. The van der Waals surface area contributed by atoms with Gasteiger partial charge in [-0.1, -0.05) is 18.6 Å². The number of sulfonamides is 1. The highest BCUT2D eigenvalue weighted by atomic mass is 32.2. The Kier molecular flexibility index (Phi) is 7.00. The van der Waals surface area contributed by atoms with E-state index in [-0.39, 0.29) is 23.4 Å². The predicted octanol–water partition coefficient (Wildman–Crippen LogP) is 4.31. The van der Waals surface area contributed by atoms with E-state index in [0.717, 1.165) is 17.7 Å². The van der Waals surface area contributed by atoms with Gasteiger partial charge in [-0.25, -0.2) is 8.42 Å². The largest absolute Gasteiger partial charge is 0.492 e. The van der Waals surface area contributed by atoms with E-state index >= 15 is 0 Å². The summed E-state index contributed by atoms with van der Waals surface area (Å²) in [4.78, 5) is 14.2. The van der Waals surface area contributed by atoms with E-state index in [1.165, 1.54) is 17.1 Å². The first-order chi connectivity index (χ1) is 15.4. The summed E-state index contributed by atoms with van der Waals surface area (Å²) >= 11 is 1.54. The lowest BCUT2D eigenvalue weighted by molar-refractivity contribution is -0.120. The van der Waals surface area contributed by atoms with Crippen LogP contribution < -0.4 is 14.4 Å². The Morgan fingerprint density at radius 3 is 2.50 bits per heavy atom. The van der Waals surface area contributed by atoms with E-state index in [9.17, 15) is 13.2 Å². The number of benzene rings is 2. The number of ether oxygens (including phenoxy) is 1. The van der Waals surface area contributed by atoms with Crippen LogP contribution in [0.2, 0.25) is 0 Å². The van der Waals surface area contributed by atoms with Crippen molar-refractivity contribution >= 4 is 33.4 Å². The molecule has 32 heavy (non-hydrogen) atoms. The maximum Gasteiger partial charge on any atom is 0.264 e. The molecule has 0 aromatic heterocycles. The van der Waals surface area contributed by atoms with Gasteiger partial charge < -0.3 is 10.1 Å². The number of rotatable bonds is 9. The molecule has 1 N–H and O–H groups in total. The molecule has 2 aromatic rings. The summed E-state index contributed by atoms with van der Waals surface area (Å²) in [5, 5.41) is 3.11. The predicted molar refractivity (Wildman–Crippen MR) is 128 cm³/mol. The second-order valence-electron chi connectivity index (χ2n) is 8.44. The van der Waals surface area contributed by atoms with Gasteiger partial charge >= 0.3 is 0 Å². The second kappa shape index (κ2) is 9.75. The minimum atomic E-state index is -3.98. The van der Waals surface area contributed by atoms with Crippen LogP contribution in [0.4, 0.5) is 5.69 Å². The van der Waals surface area contributed by atoms with Crippen LogP contribution in [0.3, 0.4) is 0 Å². The van der Waals surface area contributed by atoms with Gasteiger partial charge in [-0.2, -0.15) is 0 Å². The van der Waals surface area contributed by atoms with Crippen molar-refractivity contribution in [2.24, 2.45) is 11.8 Å². The minimum absolute atomic E-state index is 0.147. The van der Waals surface area contributed by atoms with Crippen molar-refractivity contribution in [3.8, 4) is 5.75 Å². The van der Waals surface area contributed by atoms with Crippen molar-refractivity contribution in [3.63, 3.8) is 0 Å². The van der Waals surface area contributed by atoms with Crippen molar-refractivity contribution in [1.29, 1.82) is 0 Å². The molecule has 8 heteroatoms. The first kappa shape index (κ1) is 23.0. The number of para-hydroxylation sites is 2. The van der Waals surface area contributed by atoms with E-state index in [0.29, 0.717) is 29.9 Å². The van der Waals surface area contributed by atoms with Crippen molar-refractivity contribution in [2.45, 2.75) is 48.4 Å². The van der Waals surface area contributed by atoms with Gasteiger partial charge in [-0.3, -0.25) is 9.10 Å². The van der Waals surface area contributed by atoms with Crippen LogP contribution in [0, 0.1) is 11.8 Å². The lowest BCUT2D eigenvalue weighted by atomic mass is 9.95. The average Bonchev–Trinajstić information content (AvgIpc) is 3.41. The number of nitrogens with one attached hydrogen (secondary N) is 1. The second-order valence-corrected chi connectivity index (χ2v) is 11.2. The highest BCUT2D eigenvalue weighted by Gasteiger charge is 2.40. The third-order valence-electron chi connectivity index (χ3n) is 6.45. The number of thioether (sulfide) groups is 1. The molecule has 172 valence electrons. The number of hydrogen-bond donors (Lipinski definition) is 1. The van der Waals surface area contributed by atoms with Gasteiger partial charge in [-0.05, 0) is 80.7 Å². The van der Waals surface area contributed by atoms with Crippen LogP contribution in [-0.4, -0.2) is 39.8 Å². The zero-order valence-electron chi connectivity index (χ0n) is 18.5. The molecule has 2 aromatic carbocycles. The Labute approximate surface area is 194 Å². The van der Waals surface area contributed by atoms with Gasteiger partial charge in [0.1, 0.15) is 12.3 Å². The first-order valence-electron chi connectivity index (χ1n) is 11.1. The molecule has 1 amide bonds. The molecule has 3 atom stereocenters. The minimum Gasteiger partial charge on any atom is -0.492 e. The van der Waals surface area contributed by atoms with Crippen molar-refractivity contribution in [2.75, 3.05) is 23.7 Å². The molecule has 0 unspecified atom stereocenters. The SMILES string of the molecule is CCOc1ccccc1N(CC(=O)N[C@H]1C[C@@H]2CC[C@@H]1C2)S(=O)(=O)c1ccc(SC)cc1. The molecular weight excluding hydrogens is 444 g/mol. The van der Waals surface area contributed by atoms with E-state index in [2.05, 4.69) is 5.32 Å². The van der Waals surface area contributed by atoms with Crippen LogP contribution in [0.15, 0.2) is 58.3 Å². The molecule has 2 bridgehead atoms. The Hall–Kier alpha value is -2.19. The van der Waals surface area contributed by atoms with E-state index < -0.39 is 10.0 Å². The number of fused-ring (bicyclic) bond motifs is 2. The maximum atomic E-state index is 13.7. The van der Waals surface area contributed by atoms with Gasteiger partial charge in [0.15, 0.2) is 0 Å². The Morgan fingerprint density at radius 2 is 1.88 bits per heavy atom. The van der Waals surface area contributed by atoms with Gasteiger partial charge in [0.25, 0.3) is 10.0 Å². The molecule has 4 rings (SSSR count). The molecule has 0 saturated heterocycles. The van der Waals surface area contributed by atoms with Crippen LogP contribution in [0.25, 0.3) is 0 Å². The van der Waals surface area contributed by atoms with Crippen LogP contribution in [0.1, 0.15) is 32.6 Å². The molecule has 0 radical (unpaired) electrons. The van der Waals surface area contributed by atoms with E-state index in [1.807, 2.05) is 13.2 Å². The molecular formula is C24H30N2O4S2. The van der Waals surface area contributed by atoms with Gasteiger partial charge in [-0.15, -0.1) is 11.8 Å². The summed E-state index contributed by atoms with van der Waals surface area (Å²) in [5.74, 6) is 1.37. The van der Waals surface area contributed by atoms with Gasteiger partial charge in [0, 0.05) is 10.9 Å². The fourth-order valence-electron chi connectivity index (χ4n) is 4.92. The number of carbonyl (C=O) groups excluding carboxylic acids is 1. The van der Waals surface area contributed by atoms with Gasteiger partial charge in [0.05, 0.1) is 17.2 Å². The van der Waals surface area contributed by atoms with Crippen LogP contribution in [0.5, 0.6) is 5.75 Å². The van der Waals surface area contributed by atoms with E-state index in [4.69, 9.17) is 4.74 Å². The first-order valence-corrected chi connectivity index (χ1v) is 13.8. The molecule has 0 spiro atoms. The van der Waals surface area contributed by atoms with Gasteiger partial charge in [0.2, 0.25) is 5.91 Å². The Bertz CT molecular complexity index is 1060. The molecule has 2 aliphatic carbocycles. The summed E-state index contributed by atoms with van der Waals surface area (Å²) < 4.78 is 34.2. The third kappa shape index (κ3) is 4.76. The fourth-order valence-corrected chi connectivity index (χ4v) is 6.76. The Balaban J connectivity index is 1.64. The number of carbonyl (C=O) groups is 1. The highest BCUT2D eigenvalue weighted by molar-refractivity contribution is 7.98. The van der Waals surface area contributed by atoms with E-state index in [1.54, 1.807) is 60.3 Å². The van der Waals surface area contributed by atoms with Crippen LogP contribution >= 0.6 is 11.8 Å². The monoisotopic (exact) mass is 474 g/mol. The number of anilines is 1. The molecule has 0 heterocycles. The number of nitrogens with zero attached hydrogens (tertiary/aromatic N) is 1. The smallest absolute Gasteiger partial charge is 0.264 e. The summed E-state index contributed by atoms with van der Waals surface area (Å²) in [6.07, 6.45) is 6.49. The lowest BCUT2D eigenvalue weighted by Crippen LogP contribution is -2.46. The summed E-state index contributed by atoms with van der Waals surface area (Å²) in [7, 11) is -3.98. The summed E-state index contributed by atoms with van der Waals surface area (Å²) in [6.45, 7) is 1.95. The average molecular weight is 475 g/mol. The molecule has 2 saturated carbocycles. The standard InChI is InChI=1S/C24H30N2O4S2/c1-3-30-23-7-5-4-6-22(23)26(32(28,29)20-12-10-19(31-2)11-13-20)16-24(27)25-21-15-17-8-9-18(21)14-17/h4-7,10-13,17-18,21H,3,8-9,14-16H2,1-2H3,(H,25,27)/t17-,18-,21+/m1/s1. The fraction of sp³-hybridized carbons (Fsp3) is 0.458. The summed E-state index contributed by atoms with van der Waals surface area (Å²) in [5.41, 5.74) is 0.367. The zero-order chi connectivity index (χ0) is 22.7. The number of amides is 1. The van der Waals surface area contributed by atoms with Crippen LogP contribution in [-0.2, 0) is 14.8 Å². The molecule has 0 aliphatic heterocycles. The van der Waals surface area contributed by atoms with Crippen molar-refractivity contribution in [3.05, 3.63) is 48.5 Å². The topological polar surface area (TPSA) is 75.7 Å². The molecule has 2 aliphatic rings. The lowest BCUT2D eigenvalue weighted by Gasteiger charge is -2.28. The maximum absolute atomic E-state index is 13.7. The molecule has 6 nitrogen and oxygen atoms in total. The molecule has 2 fully saturated rings. The number of hydrogen-bond acceptors (Lipinski definition) is 5. The quantitative estimate of drug-likeness (QED) is 0.548. The van der Waals surface area contributed by atoms with Crippen molar-refractivity contribution in [1.82, 2.24) is 5.32 Å². The zero-order valence-corrected chi connectivity index (χ0v) is 20.1.